The molecule has 0 bridgehead atoms. The van der Waals surface area contributed by atoms with Gasteiger partial charge >= 0.3 is 12.0 Å². The number of carbonyl (C=O) groups is 2. The summed E-state index contributed by atoms with van der Waals surface area (Å²) in [6.07, 6.45) is 13.1. The van der Waals surface area contributed by atoms with Crippen molar-refractivity contribution in [2.75, 3.05) is 5.32 Å². The molecular weight excluding hydrogens is 434 g/mol. The lowest BCUT2D eigenvalue weighted by molar-refractivity contribution is 0.0690. The molecule has 0 spiro atoms. The zero-order valence-corrected chi connectivity index (χ0v) is 19.1. The van der Waals surface area contributed by atoms with Gasteiger partial charge in [-0.15, -0.1) is 11.3 Å². The second-order valence-corrected chi connectivity index (χ2v) is 10.1. The van der Waals surface area contributed by atoms with E-state index in [4.69, 9.17) is 5.11 Å². The standard InChI is InChI=1S/C21H29N5O3S2/c27-18(28)17-11-22-19(24-17)30-12-14-13-31-20(23-14)25-21(29)26(15-7-3-1-4-8-15)16-9-5-2-6-10-16/h11,13,15-16H,1-10,12H2,(H,22,24)(H,27,28)(H,23,25,29). The summed E-state index contributed by atoms with van der Waals surface area (Å²) in [6, 6.07) is 0.674. The molecule has 0 unspecified atom stereocenters. The molecule has 4 rings (SSSR count). The molecule has 0 radical (unpaired) electrons. The Bertz CT molecular complexity index is 869. The van der Waals surface area contributed by atoms with E-state index < -0.39 is 5.97 Å². The molecule has 0 aliphatic heterocycles. The lowest BCUT2D eigenvalue weighted by atomic mass is 9.89. The SMILES string of the molecule is O=C(O)c1c[nH]c(SCc2csc(NC(=O)N(C3CCCCC3)C3CCCCC3)n2)n1. The van der Waals surface area contributed by atoms with Crippen LogP contribution >= 0.6 is 23.1 Å². The van der Waals surface area contributed by atoms with Crippen LogP contribution in [-0.2, 0) is 5.75 Å². The highest BCUT2D eigenvalue weighted by Gasteiger charge is 2.32. The fourth-order valence-corrected chi connectivity index (χ4v) is 6.11. The van der Waals surface area contributed by atoms with Crippen LogP contribution in [0.2, 0.25) is 0 Å². The van der Waals surface area contributed by atoms with E-state index in [1.54, 1.807) is 0 Å². The van der Waals surface area contributed by atoms with Crippen molar-refractivity contribution in [1.82, 2.24) is 19.9 Å². The Hall–Kier alpha value is -2.07. The average Bonchev–Trinajstić information content (AvgIpc) is 3.44. The molecule has 10 heteroatoms. The summed E-state index contributed by atoms with van der Waals surface area (Å²) in [6.45, 7) is 0. The van der Waals surface area contributed by atoms with Gasteiger partial charge in [-0.05, 0) is 25.7 Å². The Morgan fingerprint density at radius 2 is 1.74 bits per heavy atom. The summed E-state index contributed by atoms with van der Waals surface area (Å²) in [7, 11) is 0. The van der Waals surface area contributed by atoms with Gasteiger partial charge in [0.25, 0.3) is 0 Å². The van der Waals surface area contributed by atoms with Gasteiger partial charge in [0.2, 0.25) is 0 Å². The van der Waals surface area contributed by atoms with Crippen LogP contribution in [0, 0.1) is 0 Å². The molecule has 0 aromatic carbocycles. The summed E-state index contributed by atoms with van der Waals surface area (Å²) >= 11 is 2.81. The third kappa shape index (κ3) is 5.79. The summed E-state index contributed by atoms with van der Waals surface area (Å²) in [5.41, 5.74) is 0.833. The number of carbonyl (C=O) groups excluding carboxylic acids is 1. The third-order valence-electron chi connectivity index (χ3n) is 6.07. The molecule has 2 saturated carbocycles. The molecule has 31 heavy (non-hydrogen) atoms. The smallest absolute Gasteiger partial charge is 0.356 e. The van der Waals surface area contributed by atoms with Gasteiger partial charge in [0.1, 0.15) is 0 Å². The lowest BCUT2D eigenvalue weighted by Crippen LogP contribution is -2.50. The minimum atomic E-state index is -1.05. The molecule has 3 N–H and O–H groups in total. The van der Waals surface area contributed by atoms with Gasteiger partial charge in [-0.1, -0.05) is 50.3 Å². The number of thioether (sulfide) groups is 1. The molecule has 2 heterocycles. The highest BCUT2D eigenvalue weighted by molar-refractivity contribution is 7.98. The van der Waals surface area contributed by atoms with Gasteiger partial charge in [-0.2, -0.15) is 0 Å². The number of hydrogen-bond acceptors (Lipinski definition) is 6. The van der Waals surface area contributed by atoms with E-state index in [0.29, 0.717) is 28.1 Å². The largest absolute Gasteiger partial charge is 0.476 e. The Labute approximate surface area is 190 Å². The number of urea groups is 1. The van der Waals surface area contributed by atoms with Crippen LogP contribution in [0.25, 0.3) is 0 Å². The van der Waals surface area contributed by atoms with Crippen LogP contribution in [-0.4, -0.2) is 49.0 Å². The number of hydrogen-bond donors (Lipinski definition) is 3. The molecule has 2 aromatic heterocycles. The minimum Gasteiger partial charge on any atom is -0.476 e. The summed E-state index contributed by atoms with van der Waals surface area (Å²) < 4.78 is 0. The first kappa shape index (κ1) is 22.1. The number of aromatic carboxylic acids is 1. The summed E-state index contributed by atoms with van der Waals surface area (Å²) in [5, 5.41) is 15.1. The quantitative estimate of drug-likeness (QED) is 0.477. The van der Waals surface area contributed by atoms with Crippen molar-refractivity contribution >= 4 is 40.2 Å². The topological polar surface area (TPSA) is 111 Å². The highest BCUT2D eigenvalue weighted by Crippen LogP contribution is 2.31. The predicted octanol–water partition coefficient (Wildman–Crippen LogP) is 5.36. The fraction of sp³-hybridized carbons (Fsp3) is 0.619. The Morgan fingerprint density at radius 1 is 1.10 bits per heavy atom. The predicted molar refractivity (Wildman–Crippen MR) is 122 cm³/mol. The number of anilines is 1. The number of aromatic nitrogens is 3. The van der Waals surface area contributed by atoms with Gasteiger partial charge in [0, 0.05) is 29.4 Å². The first-order chi connectivity index (χ1) is 15.1. The molecule has 168 valence electrons. The number of H-pyrrole nitrogens is 1. The zero-order chi connectivity index (χ0) is 21.6. The Balaban J connectivity index is 1.36. The first-order valence-electron chi connectivity index (χ1n) is 11.1. The third-order valence-corrected chi connectivity index (χ3v) is 7.80. The van der Waals surface area contributed by atoms with Crippen molar-refractivity contribution in [2.45, 2.75) is 87.2 Å². The molecule has 0 atom stereocenters. The van der Waals surface area contributed by atoms with Crippen molar-refractivity contribution < 1.29 is 14.7 Å². The molecule has 2 aliphatic rings. The van der Waals surface area contributed by atoms with Crippen LogP contribution in [0.1, 0.15) is 80.4 Å². The molecule has 2 aliphatic carbocycles. The van der Waals surface area contributed by atoms with Crippen LogP contribution in [0.15, 0.2) is 16.7 Å². The number of rotatable bonds is 7. The maximum atomic E-state index is 13.3. The van der Waals surface area contributed by atoms with Gasteiger partial charge < -0.3 is 15.0 Å². The van der Waals surface area contributed by atoms with Crippen molar-refractivity contribution in [2.24, 2.45) is 0 Å². The second-order valence-electron chi connectivity index (χ2n) is 8.25. The number of amides is 2. The fourth-order valence-electron chi connectivity index (χ4n) is 4.56. The van der Waals surface area contributed by atoms with E-state index >= 15 is 0 Å². The highest BCUT2D eigenvalue weighted by atomic mass is 32.2. The maximum Gasteiger partial charge on any atom is 0.356 e. The van der Waals surface area contributed by atoms with Crippen LogP contribution < -0.4 is 5.32 Å². The number of imidazole rings is 1. The molecular formula is C21H29N5O3S2. The zero-order valence-electron chi connectivity index (χ0n) is 17.5. The Morgan fingerprint density at radius 3 is 2.32 bits per heavy atom. The van der Waals surface area contributed by atoms with Gasteiger partial charge in [-0.25, -0.2) is 19.6 Å². The lowest BCUT2D eigenvalue weighted by Gasteiger charge is -2.41. The van der Waals surface area contributed by atoms with Crippen molar-refractivity contribution in [3.05, 3.63) is 23.0 Å². The molecule has 0 saturated heterocycles. The second kappa shape index (κ2) is 10.5. The van der Waals surface area contributed by atoms with Gasteiger partial charge in [-0.3, -0.25) is 5.32 Å². The number of carboxylic acids is 1. The van der Waals surface area contributed by atoms with Crippen LogP contribution in [0.3, 0.4) is 0 Å². The summed E-state index contributed by atoms with van der Waals surface area (Å²) in [4.78, 5) is 37.8. The monoisotopic (exact) mass is 463 g/mol. The van der Waals surface area contributed by atoms with E-state index in [2.05, 4.69) is 25.2 Å². The van der Waals surface area contributed by atoms with E-state index in [1.807, 2.05) is 5.38 Å². The van der Waals surface area contributed by atoms with Crippen LogP contribution in [0.5, 0.6) is 0 Å². The number of carboxylic acid groups (broad SMARTS) is 1. The maximum absolute atomic E-state index is 13.3. The Kier molecular flexibility index (Phi) is 7.49. The molecule has 8 nitrogen and oxygen atoms in total. The number of nitrogens with zero attached hydrogens (tertiary/aromatic N) is 3. The number of aromatic amines is 1. The van der Waals surface area contributed by atoms with Gasteiger partial charge in [0.05, 0.1) is 5.69 Å². The van der Waals surface area contributed by atoms with E-state index in [-0.39, 0.29) is 11.7 Å². The van der Waals surface area contributed by atoms with Gasteiger partial charge in [0.15, 0.2) is 16.0 Å². The van der Waals surface area contributed by atoms with Crippen LogP contribution in [0.4, 0.5) is 9.93 Å². The van der Waals surface area contributed by atoms with E-state index in [9.17, 15) is 9.59 Å². The van der Waals surface area contributed by atoms with Crippen molar-refractivity contribution in [3.8, 4) is 0 Å². The summed E-state index contributed by atoms with van der Waals surface area (Å²) in [5.74, 6) is -0.504. The normalized spacial score (nSPS) is 18.1. The van der Waals surface area contributed by atoms with Crippen molar-refractivity contribution in [1.29, 1.82) is 0 Å². The molecule has 2 aromatic rings. The number of nitrogens with one attached hydrogen (secondary N) is 2. The number of thiazole rings is 1. The van der Waals surface area contributed by atoms with E-state index in [0.717, 1.165) is 31.4 Å². The first-order valence-corrected chi connectivity index (χ1v) is 12.9. The molecule has 2 amide bonds. The average molecular weight is 464 g/mol. The van der Waals surface area contributed by atoms with E-state index in [1.165, 1.54) is 67.8 Å². The molecule has 2 fully saturated rings. The van der Waals surface area contributed by atoms with Crippen molar-refractivity contribution in [3.63, 3.8) is 0 Å². The minimum absolute atomic E-state index is 0.000697.